The zero-order valence-corrected chi connectivity index (χ0v) is 14.0. The number of amides is 1. The van der Waals surface area contributed by atoms with Crippen molar-refractivity contribution in [3.8, 4) is 11.5 Å². The molecule has 1 amide bonds. The fourth-order valence-corrected chi connectivity index (χ4v) is 3.06. The van der Waals surface area contributed by atoms with Gasteiger partial charge in [-0.3, -0.25) is 4.79 Å². The van der Waals surface area contributed by atoms with Crippen molar-refractivity contribution >= 4 is 34.6 Å². The zero-order valence-electron chi connectivity index (χ0n) is 13.2. The number of carbonyl (C=O) groups is 1. The summed E-state index contributed by atoms with van der Waals surface area (Å²) in [6.45, 7) is 4.01. The summed E-state index contributed by atoms with van der Waals surface area (Å²) in [4.78, 5) is 17.1. The minimum absolute atomic E-state index is 0.196. The second-order valence-corrected chi connectivity index (χ2v) is 6.48. The van der Waals surface area contributed by atoms with Crippen molar-refractivity contribution in [2.75, 3.05) is 0 Å². The number of nitrogens with zero attached hydrogens (tertiary/aromatic N) is 1. The van der Waals surface area contributed by atoms with Gasteiger partial charge in [0.15, 0.2) is 16.7 Å². The molecule has 0 radical (unpaired) electrons. The molecule has 3 N–H and O–H groups in total. The third kappa shape index (κ3) is 3.28. The summed E-state index contributed by atoms with van der Waals surface area (Å²) in [7, 11) is 0. The number of aliphatic imine (C=N–C) groups is 1. The highest BCUT2D eigenvalue weighted by Crippen LogP contribution is 2.31. The van der Waals surface area contributed by atoms with E-state index in [1.54, 1.807) is 12.1 Å². The summed E-state index contributed by atoms with van der Waals surface area (Å²) >= 11 is 1.24. The van der Waals surface area contributed by atoms with Crippen LogP contribution in [0.5, 0.6) is 11.5 Å². The van der Waals surface area contributed by atoms with Crippen LogP contribution in [0.1, 0.15) is 16.7 Å². The predicted octanol–water partition coefficient (Wildman–Crippen LogP) is 3.61. The molecule has 0 aromatic heterocycles. The van der Waals surface area contributed by atoms with Crippen LogP contribution in [0, 0.1) is 13.8 Å². The van der Waals surface area contributed by atoms with Crippen LogP contribution in [0.25, 0.3) is 6.08 Å². The van der Waals surface area contributed by atoms with E-state index in [1.165, 1.54) is 23.9 Å². The van der Waals surface area contributed by atoms with E-state index in [0.717, 1.165) is 16.8 Å². The van der Waals surface area contributed by atoms with Gasteiger partial charge in [0.2, 0.25) is 0 Å². The normalized spacial score (nSPS) is 17.5. The maximum atomic E-state index is 12.1. The molecule has 2 aromatic rings. The highest BCUT2D eigenvalue weighted by atomic mass is 32.2. The first kappa shape index (κ1) is 16.1. The molecule has 1 aliphatic rings. The quantitative estimate of drug-likeness (QED) is 0.576. The van der Waals surface area contributed by atoms with Gasteiger partial charge in [-0.1, -0.05) is 18.2 Å². The van der Waals surface area contributed by atoms with Gasteiger partial charge in [0.1, 0.15) is 0 Å². The third-order valence-corrected chi connectivity index (χ3v) is 4.66. The van der Waals surface area contributed by atoms with Crippen LogP contribution in [0.4, 0.5) is 5.69 Å². The summed E-state index contributed by atoms with van der Waals surface area (Å²) in [5.74, 6) is -0.661. The Morgan fingerprint density at radius 3 is 2.67 bits per heavy atom. The van der Waals surface area contributed by atoms with E-state index in [9.17, 15) is 15.0 Å². The molecule has 122 valence electrons. The number of phenols is 2. The number of aryl methyl sites for hydroxylation is 1. The number of hydrogen-bond acceptors (Lipinski definition) is 5. The van der Waals surface area contributed by atoms with E-state index < -0.39 is 0 Å². The van der Waals surface area contributed by atoms with Crippen LogP contribution < -0.4 is 5.32 Å². The molecule has 0 atom stereocenters. The smallest absolute Gasteiger partial charge is 0.264 e. The van der Waals surface area contributed by atoms with E-state index in [0.29, 0.717) is 15.6 Å². The lowest BCUT2D eigenvalue weighted by atomic mass is 10.1. The lowest BCUT2D eigenvalue weighted by Gasteiger charge is -2.04. The second kappa shape index (κ2) is 6.41. The third-order valence-electron chi connectivity index (χ3n) is 3.75. The summed E-state index contributed by atoms with van der Waals surface area (Å²) < 4.78 is 0. The van der Waals surface area contributed by atoms with Gasteiger partial charge in [0.25, 0.3) is 5.91 Å². The molecular weight excluding hydrogens is 324 g/mol. The number of rotatable bonds is 2. The van der Waals surface area contributed by atoms with Gasteiger partial charge in [-0.25, -0.2) is 4.99 Å². The Bertz CT molecular complexity index is 888. The van der Waals surface area contributed by atoms with Crippen LogP contribution in [-0.2, 0) is 4.79 Å². The van der Waals surface area contributed by atoms with Gasteiger partial charge in [-0.2, -0.15) is 0 Å². The summed E-state index contributed by atoms with van der Waals surface area (Å²) in [6, 6.07) is 10.2. The first-order valence-electron chi connectivity index (χ1n) is 7.32. The maximum Gasteiger partial charge on any atom is 0.264 e. The zero-order chi connectivity index (χ0) is 17.3. The number of thioether (sulfide) groups is 1. The number of aromatic hydroxyl groups is 2. The van der Waals surface area contributed by atoms with E-state index in [-0.39, 0.29) is 17.4 Å². The van der Waals surface area contributed by atoms with Gasteiger partial charge in [-0.05, 0) is 66.6 Å². The van der Waals surface area contributed by atoms with Gasteiger partial charge in [-0.15, -0.1) is 0 Å². The average Bonchev–Trinajstić information content (AvgIpc) is 2.87. The molecule has 1 aliphatic heterocycles. The number of phenolic OH excluding ortho intramolecular Hbond substituents is 2. The molecule has 1 saturated heterocycles. The fraction of sp³-hybridized carbons (Fsp3) is 0.111. The topological polar surface area (TPSA) is 81.9 Å². The van der Waals surface area contributed by atoms with Crippen LogP contribution in [0.3, 0.4) is 0 Å². The number of benzene rings is 2. The van der Waals surface area contributed by atoms with Gasteiger partial charge < -0.3 is 15.5 Å². The molecule has 0 aliphatic carbocycles. The van der Waals surface area contributed by atoms with Gasteiger partial charge >= 0.3 is 0 Å². The summed E-state index contributed by atoms with van der Waals surface area (Å²) in [6.07, 6.45) is 1.64. The van der Waals surface area contributed by atoms with E-state index in [1.807, 2.05) is 32.0 Å². The number of hydrogen-bond donors (Lipinski definition) is 3. The summed E-state index contributed by atoms with van der Waals surface area (Å²) in [5.41, 5.74) is 3.65. The Labute approximate surface area is 143 Å². The van der Waals surface area contributed by atoms with E-state index in [4.69, 9.17) is 0 Å². The predicted molar refractivity (Wildman–Crippen MR) is 96.5 cm³/mol. The minimum Gasteiger partial charge on any atom is -0.504 e. The van der Waals surface area contributed by atoms with Crippen molar-refractivity contribution in [2.24, 2.45) is 4.99 Å². The van der Waals surface area contributed by atoms with Crippen molar-refractivity contribution in [1.29, 1.82) is 0 Å². The Morgan fingerprint density at radius 1 is 1.12 bits per heavy atom. The Hall–Kier alpha value is -2.73. The molecule has 0 spiro atoms. The summed E-state index contributed by atoms with van der Waals surface area (Å²) in [5, 5.41) is 22.1. The molecule has 6 heteroatoms. The highest BCUT2D eigenvalue weighted by Gasteiger charge is 2.24. The van der Waals surface area contributed by atoms with Crippen LogP contribution >= 0.6 is 11.8 Å². The molecule has 1 heterocycles. The van der Waals surface area contributed by atoms with E-state index in [2.05, 4.69) is 10.3 Å². The van der Waals surface area contributed by atoms with Crippen LogP contribution in [-0.4, -0.2) is 21.3 Å². The van der Waals surface area contributed by atoms with Gasteiger partial charge in [0.05, 0.1) is 10.6 Å². The van der Waals surface area contributed by atoms with Crippen molar-refractivity contribution < 1.29 is 15.0 Å². The van der Waals surface area contributed by atoms with Crippen molar-refractivity contribution in [3.05, 3.63) is 58.0 Å². The Balaban J connectivity index is 1.88. The molecule has 0 bridgehead atoms. The first-order chi connectivity index (χ1) is 11.4. The molecular formula is C18H16N2O3S. The van der Waals surface area contributed by atoms with Crippen LogP contribution in [0.2, 0.25) is 0 Å². The number of nitrogens with one attached hydrogen (secondary N) is 1. The standard InChI is InChI=1S/C18H16N2O3S/c1-10-4-3-5-13(11(10)2)19-18-20-17(23)16(24-18)9-12-6-7-14(21)15(22)8-12/h3-9,21-22H,1-2H3,(H,19,20,23). The molecule has 1 fully saturated rings. The minimum atomic E-state index is -0.239. The van der Waals surface area contributed by atoms with E-state index >= 15 is 0 Å². The molecule has 5 nitrogen and oxygen atoms in total. The lowest BCUT2D eigenvalue weighted by molar-refractivity contribution is -0.115. The number of amidine groups is 1. The maximum absolute atomic E-state index is 12.1. The highest BCUT2D eigenvalue weighted by molar-refractivity contribution is 8.18. The van der Waals surface area contributed by atoms with Crippen LogP contribution in [0.15, 0.2) is 46.3 Å². The Morgan fingerprint density at radius 2 is 1.92 bits per heavy atom. The Kier molecular flexibility index (Phi) is 4.31. The molecule has 0 unspecified atom stereocenters. The largest absolute Gasteiger partial charge is 0.504 e. The molecule has 0 saturated carbocycles. The monoisotopic (exact) mass is 340 g/mol. The van der Waals surface area contributed by atoms with Crippen molar-refractivity contribution in [2.45, 2.75) is 13.8 Å². The lowest BCUT2D eigenvalue weighted by Crippen LogP contribution is -2.19. The van der Waals surface area contributed by atoms with Crippen molar-refractivity contribution in [3.63, 3.8) is 0 Å². The second-order valence-electron chi connectivity index (χ2n) is 5.45. The molecule has 2 aromatic carbocycles. The SMILES string of the molecule is Cc1cccc(N=C2NC(=O)C(=Cc3ccc(O)c(O)c3)S2)c1C. The van der Waals surface area contributed by atoms with Gasteiger partial charge in [0, 0.05) is 0 Å². The van der Waals surface area contributed by atoms with Crippen molar-refractivity contribution in [1.82, 2.24) is 5.32 Å². The molecule has 24 heavy (non-hydrogen) atoms. The number of carbonyl (C=O) groups excluding carboxylic acids is 1. The first-order valence-corrected chi connectivity index (χ1v) is 8.13. The molecule has 3 rings (SSSR count). The fourth-order valence-electron chi connectivity index (χ4n) is 2.23. The average molecular weight is 340 g/mol.